The van der Waals surface area contributed by atoms with Crippen molar-refractivity contribution in [1.82, 2.24) is 10.2 Å². The molecule has 0 aliphatic heterocycles. The third-order valence-electron chi connectivity index (χ3n) is 2.47. The van der Waals surface area contributed by atoms with Crippen molar-refractivity contribution >= 4 is 23.6 Å². The van der Waals surface area contributed by atoms with Crippen LogP contribution in [0.15, 0.2) is 40.5 Å². The maximum absolute atomic E-state index is 11.4. The van der Waals surface area contributed by atoms with E-state index in [0.717, 1.165) is 6.20 Å². The molecule has 7 nitrogen and oxygen atoms in total. The molecule has 1 N–H and O–H groups in total. The number of hydrogen-bond acceptors (Lipinski definition) is 7. The van der Waals surface area contributed by atoms with E-state index >= 15 is 0 Å². The van der Waals surface area contributed by atoms with Crippen molar-refractivity contribution in [3.63, 3.8) is 0 Å². The summed E-state index contributed by atoms with van der Waals surface area (Å²) in [6.07, 6.45) is 1.15. The van der Waals surface area contributed by atoms with E-state index in [1.807, 2.05) is 0 Å². The molecule has 0 bridgehead atoms. The molecule has 1 aromatic carbocycles. The Morgan fingerprint density at radius 3 is 2.82 bits per heavy atom. The lowest BCUT2D eigenvalue weighted by Crippen LogP contribution is -2.07. The van der Waals surface area contributed by atoms with E-state index in [1.54, 1.807) is 37.3 Å². The number of aromatic nitrogens is 2. The molecule has 0 unspecified atom stereocenters. The third kappa shape index (κ3) is 3.84. The van der Waals surface area contributed by atoms with Crippen molar-refractivity contribution in [2.24, 2.45) is 0 Å². The molecular formula is C14H11ClN4O3. The highest BCUT2D eigenvalue weighted by Gasteiger charge is 2.11. The first-order valence-corrected chi connectivity index (χ1v) is 6.65. The Kier molecular flexibility index (Phi) is 5.11. The average Bonchev–Trinajstić information content (AvgIpc) is 2.98. The second-order valence-electron chi connectivity index (χ2n) is 3.95. The van der Waals surface area contributed by atoms with E-state index in [0.29, 0.717) is 10.6 Å². The normalized spacial score (nSPS) is 10.9. The van der Waals surface area contributed by atoms with Gasteiger partial charge in [-0.3, -0.25) is 0 Å². The molecule has 0 amide bonds. The van der Waals surface area contributed by atoms with Crippen molar-refractivity contribution < 1.29 is 13.9 Å². The van der Waals surface area contributed by atoms with Gasteiger partial charge in [-0.05, 0) is 31.2 Å². The van der Waals surface area contributed by atoms with Crippen LogP contribution in [-0.4, -0.2) is 22.8 Å². The second-order valence-corrected chi connectivity index (χ2v) is 4.39. The van der Waals surface area contributed by atoms with Crippen LogP contribution in [0.5, 0.6) is 0 Å². The lowest BCUT2D eigenvalue weighted by molar-refractivity contribution is -0.138. The van der Waals surface area contributed by atoms with E-state index in [4.69, 9.17) is 26.0 Å². The first kappa shape index (κ1) is 15.5. The summed E-state index contributed by atoms with van der Waals surface area (Å²) in [5.41, 5.74) is 0.493. The molecule has 0 fully saturated rings. The Hall–Kier alpha value is -2.85. The lowest BCUT2D eigenvalue weighted by Gasteiger charge is -1.99. The smallest absolute Gasteiger partial charge is 0.350 e. The predicted octanol–water partition coefficient (Wildman–Crippen LogP) is 2.77. The largest absolute Gasteiger partial charge is 0.462 e. The van der Waals surface area contributed by atoms with Crippen molar-refractivity contribution in [3.05, 3.63) is 41.1 Å². The van der Waals surface area contributed by atoms with Crippen LogP contribution in [0.2, 0.25) is 5.02 Å². The van der Waals surface area contributed by atoms with Gasteiger partial charge in [0, 0.05) is 16.8 Å². The molecule has 1 aromatic heterocycles. The number of nitriles is 1. The zero-order valence-corrected chi connectivity index (χ0v) is 12.3. The quantitative estimate of drug-likeness (QED) is 0.513. The van der Waals surface area contributed by atoms with Gasteiger partial charge >= 0.3 is 12.0 Å². The predicted molar refractivity (Wildman–Crippen MR) is 78.7 cm³/mol. The Bertz CT molecular complexity index is 731. The van der Waals surface area contributed by atoms with E-state index < -0.39 is 5.97 Å². The number of rotatable bonds is 5. The fourth-order valence-electron chi connectivity index (χ4n) is 1.47. The highest BCUT2D eigenvalue weighted by atomic mass is 35.5. The number of carbonyl (C=O) groups is 1. The summed E-state index contributed by atoms with van der Waals surface area (Å²) in [7, 11) is 0. The van der Waals surface area contributed by atoms with Gasteiger partial charge < -0.3 is 14.5 Å². The summed E-state index contributed by atoms with van der Waals surface area (Å²) in [6, 6.07) is 8.62. The lowest BCUT2D eigenvalue weighted by atomic mass is 10.2. The number of ether oxygens (including phenoxy) is 1. The molecule has 0 radical (unpaired) electrons. The van der Waals surface area contributed by atoms with Crippen LogP contribution in [0.1, 0.15) is 6.92 Å². The summed E-state index contributed by atoms with van der Waals surface area (Å²) in [5.74, 6) is -0.447. The standard InChI is InChI=1S/C14H11ClN4O3/c1-2-21-13(20)10(7-16)8-17-14-19-18-12(22-14)9-3-5-11(15)6-4-9/h3-6,8H,2H2,1H3,(H,17,19)/b10-8+. The monoisotopic (exact) mass is 318 g/mol. The van der Waals surface area contributed by atoms with Gasteiger partial charge in [0.15, 0.2) is 5.57 Å². The fraction of sp³-hybridized carbons (Fsp3) is 0.143. The minimum atomic E-state index is -0.727. The Balaban J connectivity index is 2.10. The number of benzene rings is 1. The highest BCUT2D eigenvalue weighted by Crippen LogP contribution is 2.21. The molecule has 1 heterocycles. The summed E-state index contributed by atoms with van der Waals surface area (Å²) in [4.78, 5) is 11.4. The number of nitrogens with zero attached hydrogens (tertiary/aromatic N) is 3. The van der Waals surface area contributed by atoms with Crippen LogP contribution in [0, 0.1) is 11.3 Å². The molecule has 0 saturated heterocycles. The summed E-state index contributed by atoms with van der Waals surface area (Å²) in [6.45, 7) is 1.83. The maximum atomic E-state index is 11.4. The number of carbonyl (C=O) groups excluding carboxylic acids is 1. The van der Waals surface area contributed by atoms with Crippen molar-refractivity contribution in [2.45, 2.75) is 6.92 Å². The molecule has 0 aliphatic rings. The van der Waals surface area contributed by atoms with Crippen molar-refractivity contribution in [2.75, 3.05) is 11.9 Å². The maximum Gasteiger partial charge on any atom is 0.350 e. The van der Waals surface area contributed by atoms with Gasteiger partial charge in [-0.15, -0.1) is 5.10 Å². The van der Waals surface area contributed by atoms with Gasteiger partial charge in [-0.2, -0.15) is 5.26 Å². The van der Waals surface area contributed by atoms with E-state index in [9.17, 15) is 4.79 Å². The minimum absolute atomic E-state index is 0.0435. The number of halogens is 1. The van der Waals surface area contributed by atoms with E-state index in [1.165, 1.54) is 0 Å². The summed E-state index contributed by atoms with van der Waals surface area (Å²) >= 11 is 5.80. The van der Waals surface area contributed by atoms with Crippen LogP contribution < -0.4 is 5.32 Å². The van der Waals surface area contributed by atoms with Gasteiger partial charge in [0.2, 0.25) is 5.89 Å². The van der Waals surface area contributed by atoms with Crippen molar-refractivity contribution in [1.29, 1.82) is 5.26 Å². The van der Waals surface area contributed by atoms with Crippen LogP contribution in [0.3, 0.4) is 0 Å². The Morgan fingerprint density at radius 1 is 1.45 bits per heavy atom. The first-order valence-electron chi connectivity index (χ1n) is 6.27. The number of hydrogen-bond donors (Lipinski definition) is 1. The van der Waals surface area contributed by atoms with Crippen LogP contribution in [-0.2, 0) is 9.53 Å². The molecular weight excluding hydrogens is 308 g/mol. The van der Waals surface area contributed by atoms with Gasteiger partial charge in [0.25, 0.3) is 0 Å². The molecule has 112 valence electrons. The molecule has 2 rings (SSSR count). The Morgan fingerprint density at radius 2 is 2.18 bits per heavy atom. The van der Waals surface area contributed by atoms with Gasteiger partial charge in [0.1, 0.15) is 6.07 Å². The van der Waals surface area contributed by atoms with Crippen LogP contribution >= 0.6 is 11.6 Å². The summed E-state index contributed by atoms with van der Waals surface area (Å²) < 4.78 is 10.1. The van der Waals surface area contributed by atoms with E-state index in [-0.39, 0.29) is 24.1 Å². The molecule has 0 atom stereocenters. The minimum Gasteiger partial charge on any atom is -0.462 e. The average molecular weight is 319 g/mol. The topological polar surface area (TPSA) is 101 Å². The number of nitrogens with one attached hydrogen (secondary N) is 1. The van der Waals surface area contributed by atoms with Crippen molar-refractivity contribution in [3.8, 4) is 17.5 Å². The van der Waals surface area contributed by atoms with Gasteiger partial charge in [-0.1, -0.05) is 16.7 Å². The fourth-order valence-corrected chi connectivity index (χ4v) is 1.60. The zero-order chi connectivity index (χ0) is 15.9. The third-order valence-corrected chi connectivity index (χ3v) is 2.72. The molecule has 8 heteroatoms. The molecule has 22 heavy (non-hydrogen) atoms. The molecule has 0 spiro atoms. The number of esters is 1. The SMILES string of the molecule is CCOC(=O)/C(C#N)=C/Nc1nnc(-c2ccc(Cl)cc2)o1. The second kappa shape index (κ2) is 7.24. The van der Waals surface area contributed by atoms with Crippen LogP contribution in [0.25, 0.3) is 11.5 Å². The highest BCUT2D eigenvalue weighted by molar-refractivity contribution is 6.30. The van der Waals surface area contributed by atoms with Crippen LogP contribution in [0.4, 0.5) is 6.01 Å². The zero-order valence-electron chi connectivity index (χ0n) is 11.5. The van der Waals surface area contributed by atoms with Gasteiger partial charge in [0.05, 0.1) is 6.61 Å². The molecule has 0 saturated carbocycles. The Labute approximate surface area is 131 Å². The first-order chi connectivity index (χ1) is 10.6. The molecule has 0 aliphatic carbocycles. The summed E-state index contributed by atoms with van der Waals surface area (Å²) in [5, 5.41) is 19.7. The molecule has 2 aromatic rings. The van der Waals surface area contributed by atoms with Gasteiger partial charge in [-0.25, -0.2) is 4.79 Å². The van der Waals surface area contributed by atoms with E-state index in [2.05, 4.69) is 15.5 Å². The number of anilines is 1.